The lowest BCUT2D eigenvalue weighted by Gasteiger charge is -2.12. The molecule has 0 aromatic heterocycles. The van der Waals surface area contributed by atoms with Gasteiger partial charge in [0, 0.05) is 12.1 Å². The van der Waals surface area contributed by atoms with Crippen LogP contribution in [-0.4, -0.2) is 27.3 Å². The topological polar surface area (TPSA) is 104 Å². The molecule has 0 aliphatic heterocycles. The average Bonchev–Trinajstić information content (AvgIpc) is 2.78. The molecule has 0 aliphatic carbocycles. The van der Waals surface area contributed by atoms with E-state index in [0.717, 1.165) is 5.56 Å². The Morgan fingerprint density at radius 3 is 2.27 bits per heavy atom. The summed E-state index contributed by atoms with van der Waals surface area (Å²) in [5, 5.41) is 5.52. The lowest BCUT2D eigenvalue weighted by atomic mass is 10.1. The number of anilines is 1. The monoisotopic (exact) mass is 423 g/mol. The summed E-state index contributed by atoms with van der Waals surface area (Å²) in [6, 6.07) is 21.8. The van der Waals surface area contributed by atoms with E-state index in [1.54, 1.807) is 24.3 Å². The Kier molecular flexibility index (Phi) is 6.61. The van der Waals surface area contributed by atoms with Crippen LogP contribution in [0.2, 0.25) is 0 Å². The summed E-state index contributed by atoms with van der Waals surface area (Å²) < 4.78 is 26.2. The van der Waals surface area contributed by atoms with Crippen molar-refractivity contribution in [3.05, 3.63) is 95.6 Å². The SMILES string of the molecule is CNS(=O)(=O)c1cccc(C(=O)Nc2ccccc2C(=O)NCc2ccccc2)c1. The van der Waals surface area contributed by atoms with Crippen molar-refractivity contribution in [1.82, 2.24) is 10.0 Å². The highest BCUT2D eigenvalue weighted by molar-refractivity contribution is 7.89. The Bertz CT molecular complexity index is 1160. The molecule has 7 nitrogen and oxygen atoms in total. The number of carbonyl (C=O) groups is 2. The van der Waals surface area contributed by atoms with Gasteiger partial charge in [-0.1, -0.05) is 48.5 Å². The third-order valence-electron chi connectivity index (χ3n) is 4.39. The molecule has 3 rings (SSSR count). The molecule has 0 heterocycles. The number of amides is 2. The first-order valence-corrected chi connectivity index (χ1v) is 10.6. The predicted molar refractivity (Wildman–Crippen MR) is 115 cm³/mol. The molecule has 3 aromatic rings. The Morgan fingerprint density at radius 2 is 1.53 bits per heavy atom. The Labute approximate surface area is 175 Å². The lowest BCUT2D eigenvalue weighted by molar-refractivity contribution is 0.0951. The Morgan fingerprint density at radius 1 is 0.833 bits per heavy atom. The van der Waals surface area contributed by atoms with Crippen molar-refractivity contribution in [2.45, 2.75) is 11.4 Å². The van der Waals surface area contributed by atoms with Gasteiger partial charge in [0.05, 0.1) is 16.1 Å². The highest BCUT2D eigenvalue weighted by Gasteiger charge is 2.17. The maximum absolute atomic E-state index is 12.7. The van der Waals surface area contributed by atoms with E-state index in [4.69, 9.17) is 0 Å². The molecule has 8 heteroatoms. The molecular weight excluding hydrogens is 402 g/mol. The zero-order valence-electron chi connectivity index (χ0n) is 16.3. The maximum atomic E-state index is 12.7. The highest BCUT2D eigenvalue weighted by Crippen LogP contribution is 2.18. The number of sulfonamides is 1. The van der Waals surface area contributed by atoms with E-state index in [1.807, 2.05) is 30.3 Å². The smallest absolute Gasteiger partial charge is 0.255 e. The zero-order chi connectivity index (χ0) is 21.6. The summed E-state index contributed by atoms with van der Waals surface area (Å²) >= 11 is 0. The molecule has 3 aromatic carbocycles. The van der Waals surface area contributed by atoms with Gasteiger partial charge in [-0.25, -0.2) is 13.1 Å². The van der Waals surface area contributed by atoms with Crippen LogP contribution in [0.5, 0.6) is 0 Å². The predicted octanol–water partition coefficient (Wildman–Crippen LogP) is 2.78. The second-order valence-electron chi connectivity index (χ2n) is 6.40. The van der Waals surface area contributed by atoms with Crippen LogP contribution in [-0.2, 0) is 16.6 Å². The fourth-order valence-corrected chi connectivity index (χ4v) is 3.56. The van der Waals surface area contributed by atoms with Crippen molar-refractivity contribution in [1.29, 1.82) is 0 Å². The van der Waals surface area contributed by atoms with E-state index in [-0.39, 0.29) is 16.4 Å². The molecule has 0 aliphatic rings. The Hall–Kier alpha value is -3.49. The summed E-state index contributed by atoms with van der Waals surface area (Å²) in [5.41, 5.74) is 1.75. The van der Waals surface area contributed by atoms with Gasteiger partial charge in [-0.05, 0) is 42.9 Å². The molecule has 0 radical (unpaired) electrons. The number of benzene rings is 3. The van der Waals surface area contributed by atoms with E-state index in [0.29, 0.717) is 17.8 Å². The minimum absolute atomic E-state index is 0.0217. The van der Waals surface area contributed by atoms with Crippen LogP contribution >= 0.6 is 0 Å². The zero-order valence-corrected chi connectivity index (χ0v) is 17.1. The molecule has 0 bridgehead atoms. The van der Waals surface area contributed by atoms with Crippen molar-refractivity contribution in [3.63, 3.8) is 0 Å². The first-order valence-electron chi connectivity index (χ1n) is 9.17. The first-order chi connectivity index (χ1) is 14.4. The minimum atomic E-state index is -3.68. The molecule has 0 spiro atoms. The Balaban J connectivity index is 1.77. The molecule has 154 valence electrons. The standard InChI is InChI=1S/C22H21N3O4S/c1-23-30(28,29)18-11-7-10-17(14-18)21(26)25-20-13-6-5-12-19(20)22(27)24-15-16-8-3-2-4-9-16/h2-14,23H,15H2,1H3,(H,24,27)(H,25,26). The minimum Gasteiger partial charge on any atom is -0.348 e. The van der Waals surface area contributed by atoms with Crippen LogP contribution < -0.4 is 15.4 Å². The molecule has 0 atom stereocenters. The van der Waals surface area contributed by atoms with Gasteiger partial charge in [0.25, 0.3) is 11.8 Å². The van der Waals surface area contributed by atoms with E-state index < -0.39 is 15.9 Å². The van der Waals surface area contributed by atoms with Gasteiger partial charge in [-0.2, -0.15) is 0 Å². The number of hydrogen-bond donors (Lipinski definition) is 3. The maximum Gasteiger partial charge on any atom is 0.255 e. The van der Waals surface area contributed by atoms with E-state index in [9.17, 15) is 18.0 Å². The van der Waals surface area contributed by atoms with E-state index >= 15 is 0 Å². The van der Waals surface area contributed by atoms with Gasteiger partial charge < -0.3 is 10.6 Å². The van der Waals surface area contributed by atoms with Gasteiger partial charge in [0.2, 0.25) is 10.0 Å². The quantitative estimate of drug-likeness (QED) is 0.543. The van der Waals surface area contributed by atoms with Crippen LogP contribution in [0.4, 0.5) is 5.69 Å². The highest BCUT2D eigenvalue weighted by atomic mass is 32.2. The molecule has 0 fully saturated rings. The normalized spacial score (nSPS) is 11.0. The molecule has 30 heavy (non-hydrogen) atoms. The summed E-state index contributed by atoms with van der Waals surface area (Å²) in [5.74, 6) is -0.854. The molecule has 0 unspecified atom stereocenters. The fourth-order valence-electron chi connectivity index (χ4n) is 2.78. The number of carbonyl (C=O) groups excluding carboxylic acids is 2. The second kappa shape index (κ2) is 9.34. The average molecular weight is 423 g/mol. The third-order valence-corrected chi connectivity index (χ3v) is 5.80. The molecule has 2 amide bonds. The van der Waals surface area contributed by atoms with Crippen molar-refractivity contribution in [2.75, 3.05) is 12.4 Å². The molecular formula is C22H21N3O4S. The molecule has 0 saturated carbocycles. The summed E-state index contributed by atoms with van der Waals surface area (Å²) in [6.07, 6.45) is 0. The van der Waals surface area contributed by atoms with Crippen LogP contribution in [0.3, 0.4) is 0 Å². The largest absolute Gasteiger partial charge is 0.348 e. The number of hydrogen-bond acceptors (Lipinski definition) is 4. The third kappa shape index (κ3) is 5.11. The van der Waals surface area contributed by atoms with Crippen molar-refractivity contribution in [3.8, 4) is 0 Å². The second-order valence-corrected chi connectivity index (χ2v) is 8.29. The van der Waals surface area contributed by atoms with E-state index in [2.05, 4.69) is 15.4 Å². The number of rotatable bonds is 7. The van der Waals surface area contributed by atoms with Crippen LogP contribution in [0.1, 0.15) is 26.3 Å². The number of para-hydroxylation sites is 1. The summed E-state index contributed by atoms with van der Waals surface area (Å²) in [4.78, 5) is 25.3. The molecule has 3 N–H and O–H groups in total. The molecule has 0 saturated heterocycles. The van der Waals surface area contributed by atoms with Crippen molar-refractivity contribution < 1.29 is 18.0 Å². The lowest BCUT2D eigenvalue weighted by Crippen LogP contribution is -2.25. The van der Waals surface area contributed by atoms with E-state index in [1.165, 1.54) is 31.3 Å². The van der Waals surface area contributed by atoms with Gasteiger partial charge >= 0.3 is 0 Å². The summed E-state index contributed by atoms with van der Waals surface area (Å²) in [6.45, 7) is 0.353. The van der Waals surface area contributed by atoms with Gasteiger partial charge in [-0.15, -0.1) is 0 Å². The van der Waals surface area contributed by atoms with Crippen molar-refractivity contribution >= 4 is 27.5 Å². The summed E-state index contributed by atoms with van der Waals surface area (Å²) in [7, 11) is -2.38. The number of nitrogens with one attached hydrogen (secondary N) is 3. The van der Waals surface area contributed by atoms with Crippen LogP contribution in [0.15, 0.2) is 83.8 Å². The first kappa shape index (κ1) is 21.2. The van der Waals surface area contributed by atoms with Gasteiger partial charge in [0.1, 0.15) is 0 Å². The van der Waals surface area contributed by atoms with Gasteiger partial charge in [-0.3, -0.25) is 9.59 Å². The van der Waals surface area contributed by atoms with Crippen LogP contribution in [0.25, 0.3) is 0 Å². The van der Waals surface area contributed by atoms with Gasteiger partial charge in [0.15, 0.2) is 0 Å². The van der Waals surface area contributed by atoms with Crippen LogP contribution in [0, 0.1) is 0 Å². The fraction of sp³-hybridized carbons (Fsp3) is 0.0909. The van der Waals surface area contributed by atoms with Crippen molar-refractivity contribution in [2.24, 2.45) is 0 Å².